The van der Waals surface area contributed by atoms with E-state index in [2.05, 4.69) is 10.6 Å². The number of hydrogen-bond donors (Lipinski definition) is 3. The van der Waals surface area contributed by atoms with Gasteiger partial charge in [0.25, 0.3) is 0 Å². The van der Waals surface area contributed by atoms with Crippen LogP contribution in [0.1, 0.15) is 37.4 Å². The second-order valence-corrected chi connectivity index (χ2v) is 4.64. The normalized spacial score (nSPS) is 13.7. The summed E-state index contributed by atoms with van der Waals surface area (Å²) in [5, 5.41) is 14.4. The van der Waals surface area contributed by atoms with Gasteiger partial charge in [0, 0.05) is 0 Å². The number of rotatable bonds is 5. The summed E-state index contributed by atoms with van der Waals surface area (Å²) < 4.78 is 13.4. The highest BCUT2D eigenvalue weighted by Crippen LogP contribution is 2.16. The topological polar surface area (TPSA) is 61.4 Å². The van der Waals surface area contributed by atoms with Gasteiger partial charge in [0.2, 0.25) is 0 Å². The van der Waals surface area contributed by atoms with Crippen LogP contribution in [0.4, 0.5) is 9.18 Å². The minimum Gasteiger partial charge on any atom is -0.394 e. The van der Waals surface area contributed by atoms with Gasteiger partial charge in [-0.05, 0) is 37.5 Å². The third-order valence-electron chi connectivity index (χ3n) is 3.09. The molecule has 0 aliphatic carbocycles. The molecule has 0 aliphatic rings. The number of benzene rings is 1. The standard InChI is InChI=1S/C14H21FN2O2/c1-4-12(8-18)17-14(19)16-10(3)11-6-5-9(2)13(15)7-11/h5-7,10,12,18H,4,8H2,1-3H3,(H2,16,17,19). The molecule has 2 unspecified atom stereocenters. The van der Waals surface area contributed by atoms with E-state index in [9.17, 15) is 9.18 Å². The van der Waals surface area contributed by atoms with E-state index >= 15 is 0 Å². The third kappa shape index (κ3) is 4.52. The van der Waals surface area contributed by atoms with Crippen molar-refractivity contribution < 1.29 is 14.3 Å². The second kappa shape index (κ2) is 7.09. The maximum Gasteiger partial charge on any atom is 0.315 e. The fourth-order valence-electron chi connectivity index (χ4n) is 1.66. The molecule has 0 saturated carbocycles. The summed E-state index contributed by atoms with van der Waals surface area (Å²) in [5.41, 5.74) is 1.28. The van der Waals surface area contributed by atoms with Crippen LogP contribution in [0.25, 0.3) is 0 Å². The maximum absolute atomic E-state index is 13.4. The van der Waals surface area contributed by atoms with Gasteiger partial charge in [-0.15, -0.1) is 0 Å². The SMILES string of the molecule is CCC(CO)NC(=O)NC(C)c1ccc(C)c(F)c1. The summed E-state index contributed by atoms with van der Waals surface area (Å²) in [5.74, 6) is -0.284. The lowest BCUT2D eigenvalue weighted by molar-refractivity contribution is 0.212. The molecule has 19 heavy (non-hydrogen) atoms. The van der Waals surface area contributed by atoms with Crippen molar-refractivity contribution >= 4 is 6.03 Å². The highest BCUT2D eigenvalue weighted by molar-refractivity contribution is 5.74. The molecule has 1 aromatic rings. The van der Waals surface area contributed by atoms with E-state index in [1.54, 1.807) is 26.0 Å². The number of carbonyl (C=O) groups excluding carboxylic acids is 1. The van der Waals surface area contributed by atoms with Crippen molar-refractivity contribution in [1.29, 1.82) is 0 Å². The minimum absolute atomic E-state index is 0.0997. The lowest BCUT2D eigenvalue weighted by Crippen LogP contribution is -2.44. The number of halogens is 1. The van der Waals surface area contributed by atoms with Gasteiger partial charge < -0.3 is 15.7 Å². The molecule has 0 bridgehead atoms. The molecule has 5 heteroatoms. The number of urea groups is 1. The number of carbonyl (C=O) groups is 1. The fourth-order valence-corrected chi connectivity index (χ4v) is 1.66. The summed E-state index contributed by atoms with van der Waals surface area (Å²) in [7, 11) is 0. The van der Waals surface area contributed by atoms with Crippen molar-refractivity contribution in [2.45, 2.75) is 39.3 Å². The Kier molecular flexibility index (Phi) is 5.76. The van der Waals surface area contributed by atoms with Gasteiger partial charge in [-0.1, -0.05) is 19.1 Å². The zero-order valence-corrected chi connectivity index (χ0v) is 11.5. The molecule has 0 aliphatic heterocycles. The number of hydrogen-bond acceptors (Lipinski definition) is 2. The highest BCUT2D eigenvalue weighted by Gasteiger charge is 2.13. The Hall–Kier alpha value is -1.62. The minimum atomic E-state index is -0.366. The van der Waals surface area contributed by atoms with Crippen LogP contribution in [0.3, 0.4) is 0 Å². The number of aliphatic hydroxyl groups is 1. The van der Waals surface area contributed by atoms with E-state index in [-0.39, 0.29) is 30.5 Å². The molecule has 2 atom stereocenters. The van der Waals surface area contributed by atoms with Crippen LogP contribution >= 0.6 is 0 Å². The second-order valence-electron chi connectivity index (χ2n) is 4.64. The molecule has 0 aromatic heterocycles. The Balaban J connectivity index is 2.61. The molecule has 1 aromatic carbocycles. The molecular formula is C14H21FN2O2. The van der Waals surface area contributed by atoms with Gasteiger partial charge in [-0.25, -0.2) is 9.18 Å². The van der Waals surface area contributed by atoms with Crippen molar-refractivity contribution in [2.24, 2.45) is 0 Å². The van der Waals surface area contributed by atoms with Crippen molar-refractivity contribution in [2.75, 3.05) is 6.61 Å². The molecule has 0 saturated heterocycles. The van der Waals surface area contributed by atoms with E-state index in [0.29, 0.717) is 17.5 Å². The van der Waals surface area contributed by atoms with Crippen LogP contribution in [0, 0.1) is 12.7 Å². The molecule has 1 rings (SSSR count). The maximum atomic E-state index is 13.4. The summed E-state index contributed by atoms with van der Waals surface area (Å²) >= 11 is 0. The average Bonchev–Trinajstić information content (AvgIpc) is 2.38. The van der Waals surface area contributed by atoms with Crippen LogP contribution in [0.5, 0.6) is 0 Å². The van der Waals surface area contributed by atoms with Crippen LogP contribution in [-0.4, -0.2) is 23.8 Å². The third-order valence-corrected chi connectivity index (χ3v) is 3.09. The lowest BCUT2D eigenvalue weighted by Gasteiger charge is -2.19. The monoisotopic (exact) mass is 268 g/mol. The molecular weight excluding hydrogens is 247 g/mol. The van der Waals surface area contributed by atoms with Crippen LogP contribution in [0.15, 0.2) is 18.2 Å². The lowest BCUT2D eigenvalue weighted by atomic mass is 10.1. The Morgan fingerprint density at radius 1 is 1.42 bits per heavy atom. The van der Waals surface area contributed by atoms with E-state index < -0.39 is 0 Å². The molecule has 106 valence electrons. The van der Waals surface area contributed by atoms with E-state index in [1.165, 1.54) is 6.07 Å². The van der Waals surface area contributed by atoms with E-state index in [1.807, 2.05) is 6.92 Å². The highest BCUT2D eigenvalue weighted by atomic mass is 19.1. The molecule has 0 spiro atoms. The van der Waals surface area contributed by atoms with Gasteiger partial charge in [0.1, 0.15) is 5.82 Å². The molecule has 0 fully saturated rings. The Labute approximate surface area is 113 Å². The Morgan fingerprint density at radius 2 is 2.11 bits per heavy atom. The first-order valence-electron chi connectivity index (χ1n) is 6.41. The average molecular weight is 268 g/mol. The van der Waals surface area contributed by atoms with Gasteiger partial charge in [0.15, 0.2) is 0 Å². The van der Waals surface area contributed by atoms with Crippen LogP contribution < -0.4 is 10.6 Å². The summed E-state index contributed by atoms with van der Waals surface area (Å²) in [4.78, 5) is 11.7. The van der Waals surface area contributed by atoms with Crippen molar-refractivity contribution in [3.63, 3.8) is 0 Å². The first kappa shape index (κ1) is 15.4. The van der Waals surface area contributed by atoms with Crippen molar-refractivity contribution in [3.05, 3.63) is 35.1 Å². The van der Waals surface area contributed by atoms with E-state index in [0.717, 1.165) is 0 Å². The first-order chi connectivity index (χ1) is 8.97. The quantitative estimate of drug-likeness (QED) is 0.767. The molecule has 0 radical (unpaired) electrons. The van der Waals surface area contributed by atoms with Gasteiger partial charge >= 0.3 is 6.03 Å². The summed E-state index contributed by atoms with van der Waals surface area (Å²) in [6.07, 6.45) is 0.650. The summed E-state index contributed by atoms with van der Waals surface area (Å²) in [6.45, 7) is 5.25. The fraction of sp³-hybridized carbons (Fsp3) is 0.500. The van der Waals surface area contributed by atoms with Gasteiger partial charge in [-0.2, -0.15) is 0 Å². The van der Waals surface area contributed by atoms with Gasteiger partial charge in [-0.3, -0.25) is 0 Å². The van der Waals surface area contributed by atoms with Crippen molar-refractivity contribution in [3.8, 4) is 0 Å². The van der Waals surface area contributed by atoms with E-state index in [4.69, 9.17) is 5.11 Å². The number of aliphatic hydroxyl groups excluding tert-OH is 1. The Bertz CT molecular complexity index is 433. The number of aryl methyl sites for hydroxylation is 1. The molecule has 2 amide bonds. The predicted octanol–water partition coefficient (Wildman–Crippen LogP) is 2.27. The van der Waals surface area contributed by atoms with Crippen LogP contribution in [-0.2, 0) is 0 Å². The van der Waals surface area contributed by atoms with Crippen LogP contribution in [0.2, 0.25) is 0 Å². The Morgan fingerprint density at radius 3 is 2.63 bits per heavy atom. The summed E-state index contributed by atoms with van der Waals surface area (Å²) in [6, 6.07) is 3.96. The van der Waals surface area contributed by atoms with Crippen molar-refractivity contribution in [1.82, 2.24) is 10.6 Å². The predicted molar refractivity (Wildman–Crippen MR) is 72.4 cm³/mol. The molecule has 3 N–H and O–H groups in total. The zero-order chi connectivity index (χ0) is 14.4. The largest absolute Gasteiger partial charge is 0.394 e. The molecule has 0 heterocycles. The van der Waals surface area contributed by atoms with Gasteiger partial charge in [0.05, 0.1) is 18.7 Å². The molecule has 4 nitrogen and oxygen atoms in total. The first-order valence-corrected chi connectivity index (χ1v) is 6.41. The zero-order valence-electron chi connectivity index (χ0n) is 11.5. The number of amides is 2. The smallest absolute Gasteiger partial charge is 0.315 e. The number of nitrogens with one attached hydrogen (secondary N) is 2.